The standard InChI is InChI=1S/C11H20N4O/c1-9(2)8-15(5-4-12)10-6-13-7-11(14-10)16-3/h6-7,9H,4-5,8,12H2,1-3H3. The smallest absolute Gasteiger partial charge is 0.233 e. The van der Waals surface area contributed by atoms with Gasteiger partial charge in [-0.1, -0.05) is 13.8 Å². The molecule has 1 aromatic rings. The van der Waals surface area contributed by atoms with Gasteiger partial charge in [-0.15, -0.1) is 0 Å². The fourth-order valence-electron chi connectivity index (χ4n) is 1.49. The van der Waals surface area contributed by atoms with Crippen LogP contribution in [0.2, 0.25) is 0 Å². The Kier molecular flexibility index (Phi) is 4.98. The molecule has 1 rings (SSSR count). The molecule has 0 spiro atoms. The Morgan fingerprint density at radius 1 is 1.44 bits per heavy atom. The normalized spacial score (nSPS) is 10.6. The first-order chi connectivity index (χ1) is 7.67. The number of aromatic nitrogens is 2. The third-order valence-corrected chi connectivity index (χ3v) is 2.12. The van der Waals surface area contributed by atoms with Gasteiger partial charge in [0.15, 0.2) is 5.82 Å². The van der Waals surface area contributed by atoms with Gasteiger partial charge in [0.1, 0.15) is 0 Å². The molecule has 1 aromatic heterocycles. The van der Waals surface area contributed by atoms with Crippen molar-refractivity contribution in [1.82, 2.24) is 9.97 Å². The molecule has 0 saturated heterocycles. The van der Waals surface area contributed by atoms with E-state index in [1.165, 1.54) is 0 Å². The first-order valence-corrected chi connectivity index (χ1v) is 5.48. The van der Waals surface area contributed by atoms with E-state index in [2.05, 4.69) is 28.7 Å². The summed E-state index contributed by atoms with van der Waals surface area (Å²) in [7, 11) is 1.59. The summed E-state index contributed by atoms with van der Waals surface area (Å²) in [5.74, 6) is 1.90. The Balaban J connectivity index is 2.82. The van der Waals surface area contributed by atoms with Crippen molar-refractivity contribution in [2.24, 2.45) is 11.7 Å². The van der Waals surface area contributed by atoms with Crippen molar-refractivity contribution in [1.29, 1.82) is 0 Å². The van der Waals surface area contributed by atoms with Crippen LogP contribution in [0.1, 0.15) is 13.8 Å². The summed E-state index contributed by atoms with van der Waals surface area (Å²) in [6.07, 6.45) is 3.33. The second-order valence-electron chi connectivity index (χ2n) is 4.05. The third-order valence-electron chi connectivity index (χ3n) is 2.12. The van der Waals surface area contributed by atoms with E-state index in [0.29, 0.717) is 18.3 Å². The molecule has 5 heteroatoms. The Morgan fingerprint density at radius 3 is 2.75 bits per heavy atom. The number of hydrogen-bond acceptors (Lipinski definition) is 5. The van der Waals surface area contributed by atoms with Gasteiger partial charge < -0.3 is 15.4 Å². The van der Waals surface area contributed by atoms with Crippen molar-refractivity contribution in [3.05, 3.63) is 12.4 Å². The van der Waals surface area contributed by atoms with Crippen LogP contribution in [0.4, 0.5) is 5.82 Å². The van der Waals surface area contributed by atoms with Crippen LogP contribution >= 0.6 is 0 Å². The van der Waals surface area contributed by atoms with Crippen LogP contribution in [-0.2, 0) is 0 Å². The predicted molar refractivity (Wildman–Crippen MR) is 64.7 cm³/mol. The van der Waals surface area contributed by atoms with E-state index in [9.17, 15) is 0 Å². The van der Waals surface area contributed by atoms with Crippen LogP contribution < -0.4 is 15.4 Å². The highest BCUT2D eigenvalue weighted by molar-refractivity contribution is 5.37. The maximum Gasteiger partial charge on any atom is 0.233 e. The van der Waals surface area contributed by atoms with Gasteiger partial charge in [0, 0.05) is 19.6 Å². The second-order valence-corrected chi connectivity index (χ2v) is 4.05. The van der Waals surface area contributed by atoms with Gasteiger partial charge in [-0.05, 0) is 5.92 Å². The monoisotopic (exact) mass is 224 g/mol. The molecule has 0 atom stereocenters. The van der Waals surface area contributed by atoms with Crippen LogP contribution in [-0.4, -0.2) is 36.7 Å². The largest absolute Gasteiger partial charge is 0.480 e. The molecule has 0 aliphatic carbocycles. The Bertz CT molecular complexity index is 317. The van der Waals surface area contributed by atoms with E-state index in [1.807, 2.05) is 0 Å². The zero-order valence-corrected chi connectivity index (χ0v) is 10.2. The summed E-state index contributed by atoms with van der Waals surface area (Å²) in [4.78, 5) is 10.6. The minimum absolute atomic E-state index is 0.531. The van der Waals surface area contributed by atoms with Crippen molar-refractivity contribution < 1.29 is 4.74 Å². The highest BCUT2D eigenvalue weighted by Crippen LogP contribution is 2.14. The number of methoxy groups -OCH3 is 1. The van der Waals surface area contributed by atoms with Gasteiger partial charge in [0.2, 0.25) is 5.88 Å². The van der Waals surface area contributed by atoms with Gasteiger partial charge >= 0.3 is 0 Å². The van der Waals surface area contributed by atoms with Crippen LogP contribution in [0.3, 0.4) is 0 Å². The summed E-state index contributed by atoms with van der Waals surface area (Å²) in [6.45, 7) is 6.62. The lowest BCUT2D eigenvalue weighted by molar-refractivity contribution is 0.395. The molecule has 0 saturated carbocycles. The summed E-state index contributed by atoms with van der Waals surface area (Å²) in [5, 5.41) is 0. The van der Waals surface area contributed by atoms with Crippen LogP contribution in [0.25, 0.3) is 0 Å². The predicted octanol–water partition coefficient (Wildman–Crippen LogP) is 0.906. The maximum absolute atomic E-state index is 5.59. The van der Waals surface area contributed by atoms with Crippen molar-refractivity contribution in [3.8, 4) is 5.88 Å². The minimum Gasteiger partial charge on any atom is -0.480 e. The highest BCUT2D eigenvalue weighted by atomic mass is 16.5. The van der Waals surface area contributed by atoms with Crippen LogP contribution in [0.15, 0.2) is 12.4 Å². The second kappa shape index (κ2) is 6.27. The van der Waals surface area contributed by atoms with E-state index in [4.69, 9.17) is 10.5 Å². The molecule has 0 radical (unpaired) electrons. The average Bonchev–Trinajstić information content (AvgIpc) is 2.28. The first-order valence-electron chi connectivity index (χ1n) is 5.48. The molecule has 1 heterocycles. The van der Waals surface area contributed by atoms with Crippen LogP contribution in [0.5, 0.6) is 5.88 Å². The maximum atomic E-state index is 5.59. The molecule has 5 nitrogen and oxygen atoms in total. The molecule has 0 aromatic carbocycles. The number of anilines is 1. The Morgan fingerprint density at radius 2 is 2.19 bits per heavy atom. The molecule has 0 aliphatic heterocycles. The SMILES string of the molecule is COc1cncc(N(CCN)CC(C)C)n1. The number of rotatable bonds is 6. The van der Waals surface area contributed by atoms with E-state index in [1.54, 1.807) is 19.5 Å². The van der Waals surface area contributed by atoms with E-state index in [0.717, 1.165) is 18.9 Å². The van der Waals surface area contributed by atoms with E-state index >= 15 is 0 Å². The summed E-state index contributed by atoms with van der Waals surface area (Å²) >= 11 is 0. The lowest BCUT2D eigenvalue weighted by Gasteiger charge is -2.24. The molecule has 0 amide bonds. The fraction of sp³-hybridized carbons (Fsp3) is 0.636. The molecule has 2 N–H and O–H groups in total. The average molecular weight is 224 g/mol. The highest BCUT2D eigenvalue weighted by Gasteiger charge is 2.10. The summed E-state index contributed by atoms with van der Waals surface area (Å²) < 4.78 is 5.06. The quantitative estimate of drug-likeness (QED) is 0.778. The lowest BCUT2D eigenvalue weighted by atomic mass is 10.2. The molecule has 0 aliphatic rings. The zero-order chi connectivity index (χ0) is 12.0. The molecule has 16 heavy (non-hydrogen) atoms. The lowest BCUT2D eigenvalue weighted by Crippen LogP contribution is -2.33. The Hall–Kier alpha value is -1.36. The number of ether oxygens (including phenoxy) is 1. The van der Waals surface area contributed by atoms with Crippen molar-refractivity contribution in [3.63, 3.8) is 0 Å². The molecule has 90 valence electrons. The van der Waals surface area contributed by atoms with Crippen molar-refractivity contribution >= 4 is 5.82 Å². The molecule has 0 bridgehead atoms. The minimum atomic E-state index is 0.531. The summed E-state index contributed by atoms with van der Waals surface area (Å²) in [6, 6.07) is 0. The summed E-state index contributed by atoms with van der Waals surface area (Å²) in [5.41, 5.74) is 5.59. The third kappa shape index (κ3) is 3.66. The number of nitrogens with two attached hydrogens (primary N) is 1. The molecule has 0 fully saturated rings. The number of hydrogen-bond donors (Lipinski definition) is 1. The number of nitrogens with zero attached hydrogens (tertiary/aromatic N) is 3. The fourth-order valence-corrected chi connectivity index (χ4v) is 1.49. The van der Waals surface area contributed by atoms with Gasteiger partial charge in [-0.25, -0.2) is 0 Å². The van der Waals surface area contributed by atoms with Gasteiger partial charge in [0.05, 0.1) is 19.5 Å². The van der Waals surface area contributed by atoms with E-state index < -0.39 is 0 Å². The first kappa shape index (κ1) is 12.7. The molecular formula is C11H20N4O. The van der Waals surface area contributed by atoms with Crippen LogP contribution in [0, 0.1) is 5.92 Å². The zero-order valence-electron chi connectivity index (χ0n) is 10.2. The Labute approximate surface area is 96.6 Å². The van der Waals surface area contributed by atoms with E-state index in [-0.39, 0.29) is 0 Å². The molecule has 0 unspecified atom stereocenters. The van der Waals surface area contributed by atoms with Crippen molar-refractivity contribution in [2.75, 3.05) is 31.6 Å². The van der Waals surface area contributed by atoms with Gasteiger partial charge in [-0.2, -0.15) is 4.98 Å². The van der Waals surface area contributed by atoms with Gasteiger partial charge in [0.25, 0.3) is 0 Å². The molecular weight excluding hydrogens is 204 g/mol. The topological polar surface area (TPSA) is 64.3 Å². The van der Waals surface area contributed by atoms with Crippen molar-refractivity contribution in [2.45, 2.75) is 13.8 Å². The van der Waals surface area contributed by atoms with Gasteiger partial charge in [-0.3, -0.25) is 4.98 Å².